The van der Waals surface area contributed by atoms with Crippen molar-refractivity contribution >= 4 is 46.5 Å². The van der Waals surface area contributed by atoms with Crippen molar-refractivity contribution in [1.82, 2.24) is 4.90 Å². The molecule has 1 atom stereocenters. The van der Waals surface area contributed by atoms with E-state index in [0.29, 0.717) is 11.3 Å². The minimum Gasteiger partial charge on any atom is -0.546 e. The first-order chi connectivity index (χ1) is 15.7. The first kappa shape index (κ1) is 23.9. The number of carboxylic acids is 1. The van der Waals surface area contributed by atoms with E-state index in [0.717, 1.165) is 22.2 Å². The number of nitrogens with zero attached hydrogens (tertiary/aromatic N) is 1. The second-order valence-electron chi connectivity index (χ2n) is 7.17. The van der Waals surface area contributed by atoms with Gasteiger partial charge in [0.1, 0.15) is 12.6 Å². The van der Waals surface area contributed by atoms with Crippen molar-refractivity contribution in [2.45, 2.75) is 20.0 Å². The third-order valence-electron chi connectivity index (χ3n) is 4.60. The number of amides is 3. The molecule has 0 saturated carbocycles. The van der Waals surface area contributed by atoms with Crippen LogP contribution in [0.15, 0.2) is 47.4 Å². The number of carboxylic acid groups (broad SMARTS) is 1. The van der Waals surface area contributed by atoms with Crippen LogP contribution in [0.3, 0.4) is 0 Å². The number of benzene rings is 2. The highest BCUT2D eigenvalue weighted by Gasteiger charge is 2.36. The zero-order valence-corrected chi connectivity index (χ0v) is 18.9. The number of methoxy groups -OCH3 is 1. The number of hydrogen-bond donors (Lipinski definition) is 1. The molecule has 9 nitrogen and oxygen atoms in total. The molecule has 2 aromatic rings. The Kier molecular flexibility index (Phi) is 7.39. The Hall–Kier alpha value is -3.79. The molecule has 0 aromatic heterocycles. The van der Waals surface area contributed by atoms with E-state index >= 15 is 0 Å². The molecule has 0 aliphatic carbocycles. The van der Waals surface area contributed by atoms with Gasteiger partial charge in [-0.25, -0.2) is 0 Å². The smallest absolute Gasteiger partial charge is 0.294 e. The molecule has 1 heterocycles. The number of rotatable bonds is 8. The zero-order valence-electron chi connectivity index (χ0n) is 18.1. The van der Waals surface area contributed by atoms with Crippen molar-refractivity contribution in [3.8, 4) is 11.5 Å². The van der Waals surface area contributed by atoms with Gasteiger partial charge in [-0.3, -0.25) is 19.3 Å². The highest BCUT2D eigenvalue weighted by Crippen LogP contribution is 2.34. The summed E-state index contributed by atoms with van der Waals surface area (Å²) < 4.78 is 10.5. The highest BCUT2D eigenvalue weighted by atomic mass is 32.2. The van der Waals surface area contributed by atoms with Crippen molar-refractivity contribution in [1.29, 1.82) is 0 Å². The molecule has 1 saturated heterocycles. The van der Waals surface area contributed by atoms with E-state index < -0.39 is 35.7 Å². The van der Waals surface area contributed by atoms with E-state index in [1.807, 2.05) is 13.0 Å². The second-order valence-corrected chi connectivity index (χ2v) is 8.17. The van der Waals surface area contributed by atoms with Gasteiger partial charge < -0.3 is 24.7 Å². The molecule has 3 amide bonds. The Balaban J connectivity index is 1.72. The van der Waals surface area contributed by atoms with Gasteiger partial charge in [0.2, 0.25) is 5.91 Å². The van der Waals surface area contributed by atoms with Gasteiger partial charge in [0.05, 0.1) is 18.0 Å². The third-order valence-corrected chi connectivity index (χ3v) is 5.51. The number of ether oxygens (including phenoxy) is 2. The standard InChI is InChI=1S/C23H22N2O7S/c1-13-5-4-6-16(9-13)24-20(26)12-25-21(27)19(33-23(25)30)11-15-7-8-17(18(10-15)31-3)32-14(2)22(28)29/h4-11,14H,12H2,1-3H3,(H,24,26)(H,28,29)/p-1/b19-11+/t14-/m1/s1. The van der Waals surface area contributed by atoms with E-state index in [1.54, 1.807) is 24.3 Å². The fraction of sp³-hybridized carbons (Fsp3) is 0.217. The molecule has 0 bridgehead atoms. The zero-order chi connectivity index (χ0) is 24.1. The number of carbonyl (C=O) groups excluding carboxylic acids is 4. The molecule has 3 rings (SSSR count). The van der Waals surface area contributed by atoms with Gasteiger partial charge in [-0.15, -0.1) is 0 Å². The van der Waals surface area contributed by atoms with E-state index in [9.17, 15) is 24.3 Å². The number of anilines is 1. The second kappa shape index (κ2) is 10.2. The monoisotopic (exact) mass is 469 g/mol. The van der Waals surface area contributed by atoms with Crippen LogP contribution in [0.4, 0.5) is 10.5 Å². The van der Waals surface area contributed by atoms with Crippen molar-refractivity contribution in [3.63, 3.8) is 0 Å². The maximum Gasteiger partial charge on any atom is 0.294 e. The molecule has 2 aromatic carbocycles. The van der Waals surface area contributed by atoms with Crippen LogP contribution < -0.4 is 19.9 Å². The average molecular weight is 469 g/mol. The Morgan fingerprint density at radius 2 is 1.94 bits per heavy atom. The van der Waals surface area contributed by atoms with E-state index in [-0.39, 0.29) is 16.4 Å². The summed E-state index contributed by atoms with van der Waals surface area (Å²) in [6.45, 7) is 2.80. The lowest BCUT2D eigenvalue weighted by Gasteiger charge is -2.17. The summed E-state index contributed by atoms with van der Waals surface area (Å²) in [6, 6.07) is 11.8. The highest BCUT2D eigenvalue weighted by molar-refractivity contribution is 8.18. The van der Waals surface area contributed by atoms with Crippen LogP contribution in [0, 0.1) is 6.92 Å². The molecule has 172 valence electrons. The normalized spacial score (nSPS) is 15.5. The summed E-state index contributed by atoms with van der Waals surface area (Å²) in [6.07, 6.45) is 0.296. The Labute approximate surface area is 194 Å². The summed E-state index contributed by atoms with van der Waals surface area (Å²) in [4.78, 5) is 49.3. The average Bonchev–Trinajstić information content (AvgIpc) is 3.01. The maximum atomic E-state index is 12.7. The molecule has 1 aliphatic rings. The van der Waals surface area contributed by atoms with E-state index in [2.05, 4.69) is 5.32 Å². The summed E-state index contributed by atoms with van der Waals surface area (Å²) in [7, 11) is 1.39. The molecule has 0 unspecified atom stereocenters. The Morgan fingerprint density at radius 1 is 1.18 bits per heavy atom. The van der Waals surface area contributed by atoms with Crippen molar-refractivity contribution in [3.05, 3.63) is 58.5 Å². The molecule has 1 fully saturated rings. The minimum atomic E-state index is -1.37. The van der Waals surface area contributed by atoms with Crippen LogP contribution in [0.2, 0.25) is 0 Å². The molecule has 0 spiro atoms. The molecule has 10 heteroatoms. The predicted molar refractivity (Wildman–Crippen MR) is 121 cm³/mol. The van der Waals surface area contributed by atoms with Crippen LogP contribution in [0.5, 0.6) is 11.5 Å². The molecule has 0 radical (unpaired) electrons. The Bertz CT molecular complexity index is 1150. The van der Waals surface area contributed by atoms with Crippen LogP contribution >= 0.6 is 11.8 Å². The lowest BCUT2D eigenvalue weighted by Crippen LogP contribution is -2.37. The summed E-state index contributed by atoms with van der Waals surface area (Å²) in [5, 5.41) is 13.0. The van der Waals surface area contributed by atoms with Crippen molar-refractivity contribution in [2.24, 2.45) is 0 Å². The van der Waals surface area contributed by atoms with Gasteiger partial charge in [-0.05, 0) is 67.1 Å². The fourth-order valence-corrected chi connectivity index (χ4v) is 3.80. The van der Waals surface area contributed by atoms with Gasteiger partial charge >= 0.3 is 0 Å². The van der Waals surface area contributed by atoms with Gasteiger partial charge in [0.25, 0.3) is 11.1 Å². The van der Waals surface area contributed by atoms with Crippen molar-refractivity contribution < 1.29 is 33.8 Å². The topological polar surface area (TPSA) is 125 Å². The number of nitrogens with one attached hydrogen (secondary N) is 1. The number of hydrogen-bond acceptors (Lipinski definition) is 8. The minimum absolute atomic E-state index is 0.141. The quantitative estimate of drug-likeness (QED) is 0.584. The number of carbonyl (C=O) groups is 4. The molecule has 1 aliphatic heterocycles. The SMILES string of the molecule is COc1cc(/C=C2/SC(=O)N(CC(=O)Nc3cccc(C)c3)C2=O)ccc1O[C@H](C)C(=O)[O-]. The van der Waals surface area contributed by atoms with Crippen molar-refractivity contribution in [2.75, 3.05) is 19.0 Å². The van der Waals surface area contributed by atoms with Gasteiger partial charge in [-0.1, -0.05) is 18.2 Å². The van der Waals surface area contributed by atoms with Gasteiger partial charge in [0, 0.05) is 5.69 Å². The van der Waals surface area contributed by atoms with Crippen LogP contribution in [-0.2, 0) is 14.4 Å². The van der Waals surface area contributed by atoms with E-state index in [1.165, 1.54) is 32.2 Å². The largest absolute Gasteiger partial charge is 0.546 e. The third kappa shape index (κ3) is 5.92. The number of thioether (sulfide) groups is 1. The first-order valence-corrected chi connectivity index (χ1v) is 10.7. The molecule has 33 heavy (non-hydrogen) atoms. The molecule has 1 N–H and O–H groups in total. The number of aliphatic carboxylic acids is 1. The molecular formula is C23H21N2O7S-. The maximum absolute atomic E-state index is 12.7. The number of imide groups is 1. The Morgan fingerprint density at radius 3 is 2.61 bits per heavy atom. The lowest BCUT2D eigenvalue weighted by molar-refractivity contribution is -0.312. The number of aryl methyl sites for hydroxylation is 1. The van der Waals surface area contributed by atoms with Crippen LogP contribution in [0.25, 0.3) is 6.08 Å². The first-order valence-electron chi connectivity index (χ1n) is 9.85. The van der Waals surface area contributed by atoms with Crippen LogP contribution in [-0.4, -0.2) is 47.7 Å². The summed E-state index contributed by atoms with van der Waals surface area (Å²) >= 11 is 0.720. The van der Waals surface area contributed by atoms with Gasteiger partial charge in [0.15, 0.2) is 11.5 Å². The molecular weight excluding hydrogens is 448 g/mol. The predicted octanol–water partition coefficient (Wildman–Crippen LogP) is 2.20. The van der Waals surface area contributed by atoms with Crippen LogP contribution in [0.1, 0.15) is 18.1 Å². The van der Waals surface area contributed by atoms with Gasteiger partial charge in [-0.2, -0.15) is 0 Å². The van der Waals surface area contributed by atoms with E-state index in [4.69, 9.17) is 9.47 Å². The lowest BCUT2D eigenvalue weighted by atomic mass is 10.1. The fourth-order valence-electron chi connectivity index (χ4n) is 2.96. The summed E-state index contributed by atoms with van der Waals surface area (Å²) in [5.74, 6) is -2.02. The summed E-state index contributed by atoms with van der Waals surface area (Å²) in [5.41, 5.74) is 2.06.